The average Bonchev–Trinajstić information content (AvgIpc) is 2.42. The van der Waals surface area contributed by atoms with Crippen LogP contribution in [0.2, 0.25) is 0 Å². The Bertz CT molecular complexity index is 760. The third-order valence-corrected chi connectivity index (χ3v) is 3.89. The van der Waals surface area contributed by atoms with E-state index < -0.39 is 0 Å². The molecule has 6 nitrogen and oxygen atoms in total. The molecule has 6 heteroatoms. The maximum atomic E-state index is 12.8. The van der Waals surface area contributed by atoms with Gasteiger partial charge in [-0.25, -0.2) is 4.98 Å². The number of Topliss-reactive ketones (excluding diaryl/α,β-unsaturated/α-hetero) is 1. The van der Waals surface area contributed by atoms with Crippen molar-refractivity contribution in [3.63, 3.8) is 0 Å². The molecule has 0 aliphatic carbocycles. The molecule has 2 aromatic rings. The second kappa shape index (κ2) is 5.63. The largest absolute Gasteiger partial charge is 0.368 e. The van der Waals surface area contributed by atoms with Crippen molar-refractivity contribution in [1.82, 2.24) is 14.5 Å². The highest BCUT2D eigenvalue weighted by molar-refractivity contribution is 5.99. The zero-order chi connectivity index (χ0) is 15.7. The molecule has 0 bridgehead atoms. The van der Waals surface area contributed by atoms with Crippen LogP contribution in [0.4, 0.5) is 5.95 Å². The molecule has 0 aliphatic rings. The Morgan fingerprint density at radius 2 is 2.00 bits per heavy atom. The Kier molecular flexibility index (Phi) is 4.06. The molecule has 0 atom stereocenters. The number of nitrogens with two attached hydrogens (primary N) is 1. The predicted molar refractivity (Wildman–Crippen MR) is 82.6 cm³/mol. The summed E-state index contributed by atoms with van der Waals surface area (Å²) in [5, 5.41) is 0.695. The summed E-state index contributed by atoms with van der Waals surface area (Å²) in [5.41, 5.74) is 6.71. The predicted octanol–water partition coefficient (Wildman–Crippen LogP) is 2.25. The van der Waals surface area contributed by atoms with Crippen molar-refractivity contribution in [2.24, 2.45) is 0 Å². The first kappa shape index (κ1) is 15.2. The van der Waals surface area contributed by atoms with Crippen molar-refractivity contribution in [3.05, 3.63) is 27.7 Å². The highest BCUT2D eigenvalue weighted by Crippen LogP contribution is 2.23. The fourth-order valence-corrected chi connectivity index (χ4v) is 2.75. The lowest BCUT2D eigenvalue weighted by Gasteiger charge is -2.20. The number of fused-ring (bicyclic) bond motifs is 1. The number of aryl methyl sites for hydroxylation is 1. The van der Waals surface area contributed by atoms with E-state index in [0.717, 1.165) is 12.8 Å². The van der Waals surface area contributed by atoms with E-state index >= 15 is 0 Å². The normalized spacial score (nSPS) is 11.3. The van der Waals surface area contributed by atoms with Crippen LogP contribution in [0.5, 0.6) is 0 Å². The smallest absolute Gasteiger partial charge is 0.263 e. The second-order valence-corrected chi connectivity index (χ2v) is 5.17. The van der Waals surface area contributed by atoms with E-state index in [4.69, 9.17) is 5.73 Å². The summed E-state index contributed by atoms with van der Waals surface area (Å²) >= 11 is 0. The number of nitrogen functional groups attached to an aromatic ring is 1. The number of carbonyl (C=O) groups excluding carboxylic acids is 1. The van der Waals surface area contributed by atoms with Gasteiger partial charge in [-0.2, -0.15) is 4.98 Å². The number of anilines is 1. The number of hydrogen-bond donors (Lipinski definition) is 1. The van der Waals surface area contributed by atoms with Gasteiger partial charge in [0, 0.05) is 17.6 Å². The molecular weight excluding hydrogens is 268 g/mol. The Hall–Kier alpha value is -2.24. The number of pyridine rings is 1. The summed E-state index contributed by atoms with van der Waals surface area (Å²) in [7, 11) is 0. The first-order valence-electron chi connectivity index (χ1n) is 7.10. The number of rotatable bonds is 4. The molecular formula is C15H20N4O2. The molecule has 0 saturated carbocycles. The minimum atomic E-state index is -0.292. The monoisotopic (exact) mass is 288 g/mol. The lowest BCUT2D eigenvalue weighted by atomic mass is 10.0. The van der Waals surface area contributed by atoms with E-state index in [-0.39, 0.29) is 28.9 Å². The van der Waals surface area contributed by atoms with Crippen LogP contribution in [0.25, 0.3) is 11.0 Å². The van der Waals surface area contributed by atoms with Crippen LogP contribution in [0.3, 0.4) is 0 Å². The van der Waals surface area contributed by atoms with Gasteiger partial charge in [0.1, 0.15) is 5.65 Å². The van der Waals surface area contributed by atoms with E-state index in [1.807, 2.05) is 13.8 Å². The summed E-state index contributed by atoms with van der Waals surface area (Å²) in [6, 6.07) is -0.0204. The van der Waals surface area contributed by atoms with Crippen molar-refractivity contribution in [1.29, 1.82) is 0 Å². The fraction of sp³-hybridized carbons (Fsp3) is 0.467. The summed E-state index contributed by atoms with van der Waals surface area (Å²) in [4.78, 5) is 32.9. The van der Waals surface area contributed by atoms with Gasteiger partial charge < -0.3 is 5.73 Å². The second-order valence-electron chi connectivity index (χ2n) is 5.17. The summed E-state index contributed by atoms with van der Waals surface area (Å²) in [5.74, 6) is -0.118. The van der Waals surface area contributed by atoms with E-state index in [0.29, 0.717) is 16.6 Å². The molecule has 112 valence electrons. The van der Waals surface area contributed by atoms with Gasteiger partial charge in [0.05, 0.1) is 5.56 Å². The zero-order valence-electron chi connectivity index (χ0n) is 12.8. The van der Waals surface area contributed by atoms with E-state index in [2.05, 4.69) is 9.97 Å². The number of nitrogens with zero attached hydrogens (tertiary/aromatic N) is 3. The third-order valence-electron chi connectivity index (χ3n) is 3.89. The van der Waals surface area contributed by atoms with Gasteiger partial charge in [0.25, 0.3) is 5.56 Å². The fourth-order valence-electron chi connectivity index (χ4n) is 2.75. The van der Waals surface area contributed by atoms with Crippen molar-refractivity contribution in [2.45, 2.75) is 46.6 Å². The van der Waals surface area contributed by atoms with E-state index in [1.165, 1.54) is 6.92 Å². The Morgan fingerprint density at radius 1 is 1.38 bits per heavy atom. The number of aromatic nitrogens is 3. The summed E-state index contributed by atoms with van der Waals surface area (Å²) < 4.78 is 1.59. The minimum Gasteiger partial charge on any atom is -0.368 e. The van der Waals surface area contributed by atoms with Crippen LogP contribution in [0, 0.1) is 6.92 Å². The molecule has 2 rings (SSSR count). The molecule has 2 heterocycles. The summed E-state index contributed by atoms with van der Waals surface area (Å²) in [6.45, 7) is 7.16. The molecule has 0 saturated heterocycles. The number of carbonyl (C=O) groups is 1. The van der Waals surface area contributed by atoms with Gasteiger partial charge >= 0.3 is 0 Å². The van der Waals surface area contributed by atoms with Gasteiger partial charge in [-0.15, -0.1) is 0 Å². The standard InChI is InChI=1S/C15H20N4O2/c1-5-10(6-2)19-13-11(7-17-15(16)18-13)8(3)12(9(4)20)14(19)21/h7,10H,5-6H2,1-4H3,(H2,16,17,18). The molecule has 2 aromatic heterocycles. The van der Waals surface area contributed by atoms with Crippen LogP contribution < -0.4 is 11.3 Å². The first-order chi connectivity index (χ1) is 9.92. The van der Waals surface area contributed by atoms with Crippen LogP contribution in [-0.2, 0) is 0 Å². The Labute approximate surface area is 123 Å². The highest BCUT2D eigenvalue weighted by Gasteiger charge is 2.21. The van der Waals surface area contributed by atoms with Gasteiger partial charge in [0.15, 0.2) is 5.78 Å². The highest BCUT2D eigenvalue weighted by atomic mass is 16.1. The van der Waals surface area contributed by atoms with Crippen LogP contribution in [0.1, 0.15) is 55.6 Å². The molecule has 0 fully saturated rings. The van der Waals surface area contributed by atoms with Gasteiger partial charge in [-0.05, 0) is 32.3 Å². The van der Waals surface area contributed by atoms with Crippen molar-refractivity contribution >= 4 is 22.8 Å². The number of hydrogen-bond acceptors (Lipinski definition) is 5. The zero-order valence-corrected chi connectivity index (χ0v) is 12.8. The lowest BCUT2D eigenvalue weighted by molar-refractivity contribution is 0.101. The average molecular weight is 288 g/mol. The quantitative estimate of drug-likeness (QED) is 0.871. The SMILES string of the molecule is CCC(CC)n1c(=O)c(C(C)=O)c(C)c2cnc(N)nc21. The maximum Gasteiger partial charge on any atom is 0.263 e. The van der Waals surface area contributed by atoms with E-state index in [9.17, 15) is 9.59 Å². The van der Waals surface area contributed by atoms with E-state index in [1.54, 1.807) is 17.7 Å². The molecule has 0 unspecified atom stereocenters. The first-order valence-corrected chi connectivity index (χ1v) is 7.10. The topological polar surface area (TPSA) is 90.9 Å². The molecule has 2 N–H and O–H groups in total. The van der Waals surface area contributed by atoms with Crippen LogP contribution >= 0.6 is 0 Å². The molecule has 0 spiro atoms. The Balaban J connectivity index is 3.02. The molecule has 0 radical (unpaired) electrons. The van der Waals surface area contributed by atoms with Gasteiger partial charge in [0.2, 0.25) is 5.95 Å². The molecule has 21 heavy (non-hydrogen) atoms. The van der Waals surface area contributed by atoms with Gasteiger partial charge in [-0.1, -0.05) is 13.8 Å². The number of ketones is 1. The Morgan fingerprint density at radius 3 is 2.52 bits per heavy atom. The van der Waals surface area contributed by atoms with Crippen LogP contribution in [0.15, 0.2) is 11.0 Å². The third kappa shape index (κ3) is 2.41. The molecule has 0 aromatic carbocycles. The minimum absolute atomic E-state index is 0.0204. The van der Waals surface area contributed by atoms with Gasteiger partial charge in [-0.3, -0.25) is 14.2 Å². The maximum absolute atomic E-state index is 12.8. The molecule has 0 amide bonds. The van der Waals surface area contributed by atoms with Crippen molar-refractivity contribution < 1.29 is 4.79 Å². The molecule has 0 aliphatic heterocycles. The van der Waals surface area contributed by atoms with Crippen molar-refractivity contribution in [3.8, 4) is 0 Å². The summed E-state index contributed by atoms with van der Waals surface area (Å²) in [6.07, 6.45) is 3.13. The lowest BCUT2D eigenvalue weighted by Crippen LogP contribution is -2.31. The van der Waals surface area contributed by atoms with Crippen LogP contribution in [-0.4, -0.2) is 20.3 Å². The van der Waals surface area contributed by atoms with Crippen molar-refractivity contribution in [2.75, 3.05) is 5.73 Å².